The summed E-state index contributed by atoms with van der Waals surface area (Å²) in [5.74, 6) is 0.131. The van der Waals surface area contributed by atoms with Crippen molar-refractivity contribution in [2.45, 2.75) is 18.5 Å². The Morgan fingerprint density at radius 1 is 1.07 bits per heavy atom. The molecule has 2 aliphatic rings. The van der Waals surface area contributed by atoms with Crippen molar-refractivity contribution in [3.05, 3.63) is 87.8 Å². The Kier molecular flexibility index (Phi) is 7.19. The van der Waals surface area contributed by atoms with Gasteiger partial charge in [-0.1, -0.05) is 30.3 Å². The van der Waals surface area contributed by atoms with Gasteiger partial charge >= 0.3 is 0 Å². The number of para-hydroxylation sites is 1. The average molecular weight is 586 g/mol. The van der Waals surface area contributed by atoms with Crippen molar-refractivity contribution < 1.29 is 23.9 Å². The lowest BCUT2D eigenvalue weighted by Crippen LogP contribution is -2.53. The first kappa shape index (κ1) is 27.9. The summed E-state index contributed by atoms with van der Waals surface area (Å²) < 4.78 is 11.9. The number of benzene rings is 3. The summed E-state index contributed by atoms with van der Waals surface area (Å²) in [6.07, 6.45) is 0. The van der Waals surface area contributed by atoms with Crippen molar-refractivity contribution in [3.8, 4) is 11.5 Å². The molecule has 4 aromatic rings. The van der Waals surface area contributed by atoms with Crippen LogP contribution in [0.4, 0.5) is 5.69 Å². The van der Waals surface area contributed by atoms with Gasteiger partial charge < -0.3 is 36.9 Å². The summed E-state index contributed by atoms with van der Waals surface area (Å²) in [5, 5.41) is 3.30. The van der Waals surface area contributed by atoms with E-state index in [4.69, 9.17) is 26.7 Å². The van der Waals surface area contributed by atoms with Crippen LogP contribution in [0.1, 0.15) is 38.0 Å². The number of aryl methyl sites for hydroxylation is 1. The van der Waals surface area contributed by atoms with Crippen LogP contribution in [0.25, 0.3) is 10.1 Å². The summed E-state index contributed by atoms with van der Waals surface area (Å²) in [6, 6.07) is 17.0. The number of thiophene rings is 1. The molecular formula is C31H31N5O5S. The number of ketones is 1. The number of rotatable bonds is 6. The molecule has 7 N–H and O–H groups in total. The van der Waals surface area contributed by atoms with Crippen LogP contribution >= 0.6 is 11.3 Å². The first-order chi connectivity index (χ1) is 20.2. The molecule has 0 spiro atoms. The van der Waals surface area contributed by atoms with E-state index in [9.17, 15) is 14.4 Å². The summed E-state index contributed by atoms with van der Waals surface area (Å²) >= 11 is 1.14. The van der Waals surface area contributed by atoms with Gasteiger partial charge in [0, 0.05) is 29.7 Å². The van der Waals surface area contributed by atoms with E-state index in [-0.39, 0.29) is 17.3 Å². The van der Waals surface area contributed by atoms with E-state index < -0.39 is 23.3 Å². The number of carbonyl (C=O) groups excluding carboxylic acids is 3. The van der Waals surface area contributed by atoms with Crippen molar-refractivity contribution in [2.75, 3.05) is 38.6 Å². The van der Waals surface area contributed by atoms with Gasteiger partial charge in [-0.3, -0.25) is 14.4 Å². The molecule has 2 atom stereocenters. The van der Waals surface area contributed by atoms with Crippen molar-refractivity contribution in [1.29, 1.82) is 0 Å². The molecule has 10 nitrogen and oxygen atoms in total. The Labute approximate surface area is 246 Å². The van der Waals surface area contributed by atoms with Gasteiger partial charge in [-0.2, -0.15) is 0 Å². The second kappa shape index (κ2) is 10.8. The maximum Gasteiger partial charge on any atom is 0.262 e. The number of nitrogens with one attached hydrogen (secondary N) is 1. The van der Waals surface area contributed by atoms with Crippen molar-refractivity contribution in [2.24, 2.45) is 11.5 Å². The minimum Gasteiger partial charge on any atom is -0.457 e. The smallest absolute Gasteiger partial charge is 0.262 e. The first-order valence-corrected chi connectivity index (χ1v) is 14.4. The molecular weight excluding hydrogens is 554 g/mol. The molecule has 11 heteroatoms. The zero-order chi connectivity index (χ0) is 29.6. The molecule has 1 fully saturated rings. The van der Waals surface area contributed by atoms with Gasteiger partial charge in [0.25, 0.3) is 5.91 Å². The lowest BCUT2D eigenvalue weighted by Gasteiger charge is -2.37. The molecule has 42 heavy (non-hydrogen) atoms. The molecule has 216 valence electrons. The molecule has 0 radical (unpaired) electrons. The van der Waals surface area contributed by atoms with E-state index in [0.717, 1.165) is 16.9 Å². The van der Waals surface area contributed by atoms with Gasteiger partial charge in [0.2, 0.25) is 5.91 Å². The van der Waals surface area contributed by atoms with Gasteiger partial charge in [-0.25, -0.2) is 0 Å². The van der Waals surface area contributed by atoms with Gasteiger partial charge in [0.15, 0.2) is 5.78 Å². The van der Waals surface area contributed by atoms with E-state index in [1.807, 2.05) is 43.3 Å². The highest BCUT2D eigenvalue weighted by atomic mass is 32.1. The van der Waals surface area contributed by atoms with Crippen LogP contribution < -0.4 is 27.3 Å². The van der Waals surface area contributed by atoms with Gasteiger partial charge in [0.1, 0.15) is 17.0 Å². The molecule has 1 saturated heterocycles. The van der Waals surface area contributed by atoms with E-state index in [2.05, 4.69) is 5.32 Å². The number of ether oxygens (including phenoxy) is 2. The zero-order valence-corrected chi connectivity index (χ0v) is 23.8. The number of morpholine rings is 1. The van der Waals surface area contributed by atoms with E-state index in [1.54, 1.807) is 29.2 Å². The number of hydrogen-bond donors (Lipinski definition) is 4. The molecule has 2 amide bonds. The van der Waals surface area contributed by atoms with E-state index in [0.29, 0.717) is 70.3 Å². The fraction of sp³-hybridized carbons (Fsp3) is 0.258. The monoisotopic (exact) mass is 585 g/mol. The molecule has 6 rings (SSSR count). The topological polar surface area (TPSA) is 163 Å². The fourth-order valence-electron chi connectivity index (χ4n) is 5.76. The number of hydrogen-bond acceptors (Lipinski definition) is 9. The van der Waals surface area contributed by atoms with Crippen LogP contribution in [0.3, 0.4) is 0 Å². The Balaban J connectivity index is 1.37. The Morgan fingerprint density at radius 2 is 1.79 bits per heavy atom. The normalized spacial score (nSPS) is 20.0. The second-order valence-electron chi connectivity index (χ2n) is 10.5. The molecule has 1 aliphatic carbocycles. The summed E-state index contributed by atoms with van der Waals surface area (Å²) in [7, 11) is 0. The zero-order valence-electron chi connectivity index (χ0n) is 23.0. The lowest BCUT2D eigenvalue weighted by molar-refractivity contribution is -0.134. The molecule has 1 aromatic heterocycles. The number of nitrogens with zero attached hydrogens (tertiary/aromatic N) is 1. The van der Waals surface area contributed by atoms with Crippen molar-refractivity contribution in [3.63, 3.8) is 0 Å². The Bertz CT molecular complexity index is 1720. The number of amides is 2. The second-order valence-corrected chi connectivity index (χ2v) is 11.5. The van der Waals surface area contributed by atoms with E-state index >= 15 is 0 Å². The minimum absolute atomic E-state index is 0.185. The molecule has 0 bridgehead atoms. The summed E-state index contributed by atoms with van der Waals surface area (Å²) in [5.41, 5.74) is 21.1. The molecule has 2 heterocycles. The number of anilines is 1. The highest BCUT2D eigenvalue weighted by Crippen LogP contribution is 2.50. The molecule has 2 unspecified atom stereocenters. The van der Waals surface area contributed by atoms with Crippen LogP contribution in [0.15, 0.2) is 60.7 Å². The average Bonchev–Trinajstić information content (AvgIpc) is 3.41. The summed E-state index contributed by atoms with van der Waals surface area (Å²) in [6.45, 7) is 3.54. The molecule has 1 aliphatic heterocycles. The number of nitrogens with two attached hydrogens (primary N) is 3. The third-order valence-electron chi connectivity index (χ3n) is 7.89. The predicted octanol–water partition coefficient (Wildman–Crippen LogP) is 2.96. The number of carbonyl (C=O) groups is 3. The van der Waals surface area contributed by atoms with Gasteiger partial charge in [-0.05, 0) is 53.9 Å². The number of nitrogen functional groups attached to an aromatic ring is 1. The van der Waals surface area contributed by atoms with Crippen molar-refractivity contribution >= 4 is 44.7 Å². The fourth-order valence-corrected chi connectivity index (χ4v) is 6.97. The van der Waals surface area contributed by atoms with Gasteiger partial charge in [-0.15, -0.1) is 11.3 Å². The standard InChI is InChI=1S/C31H31N5O5S/c1-17-15-19(41-18-5-3-2-4-6-18)7-8-20(17)31(34)21-9-10-22(32)27-24(21)25(26(33)29(31)38)28(42-27)30(39)35-16-23(37)36-11-13-40-14-12-36/h2-10,15,26H,11-14,16,32-34H2,1H3,(H,35,39). The van der Waals surface area contributed by atoms with Gasteiger partial charge in [0.05, 0.1) is 35.4 Å². The largest absolute Gasteiger partial charge is 0.457 e. The SMILES string of the molecule is Cc1cc(Oc2ccccc2)ccc1C1(N)C(=O)C(N)c2c(C(=O)NCC(=O)N3CCOCC3)sc3c(N)ccc1c23. The Morgan fingerprint density at radius 3 is 2.50 bits per heavy atom. The van der Waals surface area contributed by atoms with Crippen LogP contribution in [0, 0.1) is 6.92 Å². The predicted molar refractivity (Wildman–Crippen MR) is 161 cm³/mol. The maximum absolute atomic E-state index is 14.1. The highest BCUT2D eigenvalue weighted by molar-refractivity contribution is 7.21. The van der Waals surface area contributed by atoms with Crippen molar-refractivity contribution in [1.82, 2.24) is 10.2 Å². The third kappa shape index (κ3) is 4.60. The molecule has 3 aromatic carbocycles. The maximum atomic E-state index is 14.1. The third-order valence-corrected chi connectivity index (χ3v) is 9.14. The lowest BCUT2D eigenvalue weighted by atomic mass is 9.69. The number of Topliss-reactive ketones (excluding diaryl/α,β-unsaturated/α-hetero) is 1. The van der Waals surface area contributed by atoms with Crippen LogP contribution in [0.2, 0.25) is 0 Å². The van der Waals surface area contributed by atoms with Crippen LogP contribution in [-0.2, 0) is 19.9 Å². The van der Waals surface area contributed by atoms with E-state index in [1.165, 1.54) is 0 Å². The Hall–Kier alpha value is -4.29. The molecule has 0 saturated carbocycles. The minimum atomic E-state index is -1.59. The first-order valence-electron chi connectivity index (χ1n) is 13.6. The van der Waals surface area contributed by atoms with Crippen LogP contribution in [0.5, 0.6) is 11.5 Å². The summed E-state index contributed by atoms with van der Waals surface area (Å²) in [4.78, 5) is 42.0. The highest BCUT2D eigenvalue weighted by Gasteiger charge is 2.49. The quantitative estimate of drug-likeness (QED) is 0.251. The van der Waals surface area contributed by atoms with Crippen LogP contribution in [-0.4, -0.2) is 55.3 Å².